The summed E-state index contributed by atoms with van der Waals surface area (Å²) < 4.78 is 2.15. The van der Waals surface area contributed by atoms with Crippen molar-refractivity contribution in [2.45, 2.75) is 25.7 Å². The van der Waals surface area contributed by atoms with Gasteiger partial charge in [0.25, 0.3) is 0 Å². The van der Waals surface area contributed by atoms with E-state index < -0.39 is 0 Å². The Morgan fingerprint density at radius 3 is 3.00 bits per heavy atom. The summed E-state index contributed by atoms with van der Waals surface area (Å²) in [6.07, 6.45) is 7.08. The third-order valence-electron chi connectivity index (χ3n) is 2.27. The number of hydrogen-bond acceptors (Lipinski definition) is 2. The average Bonchev–Trinajstić information content (AvgIpc) is 2.69. The van der Waals surface area contributed by atoms with Gasteiger partial charge in [-0.25, -0.2) is 4.98 Å². The number of rotatable bonds is 1. The molecule has 0 aromatic carbocycles. The monoisotopic (exact) mass is 178 g/mol. The molecule has 1 aliphatic carbocycles. The van der Waals surface area contributed by atoms with E-state index in [1.54, 1.807) is 0 Å². The summed E-state index contributed by atoms with van der Waals surface area (Å²) in [4.78, 5) is 7.08. The van der Waals surface area contributed by atoms with Crippen LogP contribution in [-0.2, 0) is 0 Å². The summed E-state index contributed by atoms with van der Waals surface area (Å²) in [6.45, 7) is 2.04. The number of fused-ring (bicyclic) bond motifs is 1. The van der Waals surface area contributed by atoms with E-state index in [0.29, 0.717) is 0 Å². The van der Waals surface area contributed by atoms with Gasteiger partial charge < -0.3 is 0 Å². The Kier molecular flexibility index (Phi) is 1.17. The molecule has 0 saturated heterocycles. The second-order valence-electron chi connectivity index (χ2n) is 3.48. The minimum atomic E-state index is 0.858. The van der Waals surface area contributed by atoms with Crippen LogP contribution in [-0.4, -0.2) is 9.38 Å². The highest BCUT2D eigenvalue weighted by atomic mass is 32.1. The van der Waals surface area contributed by atoms with Crippen LogP contribution in [0.25, 0.3) is 4.96 Å². The molecule has 0 aliphatic heterocycles. The van der Waals surface area contributed by atoms with Crippen LogP contribution >= 0.6 is 11.3 Å². The van der Waals surface area contributed by atoms with E-state index >= 15 is 0 Å². The normalized spacial score (nSPS) is 17.4. The summed E-state index contributed by atoms with van der Waals surface area (Å²) in [6, 6.07) is 0. The molecule has 3 rings (SSSR count). The Morgan fingerprint density at radius 1 is 1.50 bits per heavy atom. The van der Waals surface area contributed by atoms with Gasteiger partial charge in [0.15, 0.2) is 4.96 Å². The minimum Gasteiger partial charge on any atom is -0.297 e. The lowest BCUT2D eigenvalue weighted by molar-refractivity contribution is 1.12. The van der Waals surface area contributed by atoms with Crippen LogP contribution in [0.1, 0.15) is 29.3 Å². The molecule has 0 unspecified atom stereocenters. The highest BCUT2D eigenvalue weighted by Gasteiger charge is 2.25. The lowest BCUT2D eigenvalue weighted by Gasteiger charge is -1.83. The molecular weight excluding hydrogens is 168 g/mol. The van der Waals surface area contributed by atoms with Crippen molar-refractivity contribution in [2.75, 3.05) is 0 Å². The van der Waals surface area contributed by atoms with E-state index in [2.05, 4.69) is 21.8 Å². The maximum absolute atomic E-state index is 4.43. The number of imidazole rings is 1. The van der Waals surface area contributed by atoms with Gasteiger partial charge in [0, 0.05) is 17.3 Å². The number of aromatic nitrogens is 2. The molecule has 0 atom stereocenters. The van der Waals surface area contributed by atoms with Crippen LogP contribution in [0.5, 0.6) is 0 Å². The van der Waals surface area contributed by atoms with Crippen molar-refractivity contribution in [3.63, 3.8) is 0 Å². The third-order valence-corrected chi connectivity index (χ3v) is 3.43. The number of thiazole rings is 1. The topological polar surface area (TPSA) is 17.3 Å². The first-order chi connectivity index (χ1) is 5.83. The second-order valence-corrected chi connectivity index (χ2v) is 4.52. The van der Waals surface area contributed by atoms with Gasteiger partial charge in [-0.2, -0.15) is 0 Å². The molecule has 62 valence electrons. The maximum Gasteiger partial charge on any atom is 0.194 e. The molecule has 0 N–H and O–H groups in total. The van der Waals surface area contributed by atoms with Crippen molar-refractivity contribution in [2.24, 2.45) is 0 Å². The Bertz CT molecular complexity index is 391. The molecule has 2 nitrogen and oxygen atoms in total. The molecule has 0 amide bonds. The molecule has 0 spiro atoms. The summed E-state index contributed by atoms with van der Waals surface area (Å²) in [5.74, 6) is 0.858. The van der Waals surface area contributed by atoms with E-state index in [4.69, 9.17) is 0 Å². The van der Waals surface area contributed by atoms with Crippen LogP contribution in [0.2, 0.25) is 0 Å². The van der Waals surface area contributed by atoms with E-state index in [9.17, 15) is 0 Å². The molecule has 2 heterocycles. The molecule has 2 aromatic rings. The van der Waals surface area contributed by atoms with Crippen molar-refractivity contribution in [3.05, 3.63) is 23.0 Å². The van der Waals surface area contributed by atoms with Gasteiger partial charge in [0.2, 0.25) is 0 Å². The molecule has 0 radical (unpaired) electrons. The Morgan fingerprint density at radius 2 is 2.33 bits per heavy atom. The van der Waals surface area contributed by atoms with Gasteiger partial charge >= 0.3 is 0 Å². The van der Waals surface area contributed by atoms with E-state index in [1.807, 2.05) is 18.3 Å². The summed E-state index contributed by atoms with van der Waals surface area (Å²) in [5, 5.41) is 0. The van der Waals surface area contributed by atoms with E-state index in [1.165, 1.54) is 17.7 Å². The maximum atomic E-state index is 4.43. The lowest BCUT2D eigenvalue weighted by atomic mass is 10.4. The van der Waals surface area contributed by atoms with Crippen LogP contribution in [0.15, 0.2) is 12.4 Å². The molecule has 1 aliphatic rings. The lowest BCUT2D eigenvalue weighted by Crippen LogP contribution is -1.72. The molecule has 2 aromatic heterocycles. The van der Waals surface area contributed by atoms with Crippen LogP contribution in [0, 0.1) is 6.92 Å². The van der Waals surface area contributed by atoms with Crippen molar-refractivity contribution in [3.8, 4) is 0 Å². The predicted molar refractivity (Wildman–Crippen MR) is 49.8 cm³/mol. The number of hydrogen-bond donors (Lipinski definition) is 0. The molecule has 3 heteroatoms. The summed E-state index contributed by atoms with van der Waals surface area (Å²) >= 11 is 1.84. The molecular formula is C9H10N2S. The average molecular weight is 178 g/mol. The molecule has 1 saturated carbocycles. The van der Waals surface area contributed by atoms with Gasteiger partial charge in [0.05, 0.1) is 5.69 Å². The predicted octanol–water partition coefficient (Wildman–Crippen LogP) is 2.58. The first kappa shape index (κ1) is 6.66. The quantitative estimate of drug-likeness (QED) is 0.656. The van der Waals surface area contributed by atoms with Gasteiger partial charge in [-0.3, -0.25) is 4.40 Å². The van der Waals surface area contributed by atoms with Crippen molar-refractivity contribution in [1.29, 1.82) is 0 Å². The second kappa shape index (κ2) is 2.10. The van der Waals surface area contributed by atoms with Gasteiger partial charge in [-0.05, 0) is 25.7 Å². The fraction of sp³-hybridized carbons (Fsp3) is 0.444. The summed E-state index contributed by atoms with van der Waals surface area (Å²) in [7, 11) is 0. The van der Waals surface area contributed by atoms with Crippen molar-refractivity contribution in [1.82, 2.24) is 9.38 Å². The van der Waals surface area contributed by atoms with Crippen LogP contribution in [0.4, 0.5) is 0 Å². The zero-order valence-corrected chi connectivity index (χ0v) is 7.77. The molecule has 12 heavy (non-hydrogen) atoms. The highest BCUT2D eigenvalue weighted by Crippen LogP contribution is 2.43. The summed E-state index contributed by atoms with van der Waals surface area (Å²) in [5.41, 5.74) is 1.11. The Labute approximate surface area is 74.9 Å². The zero-order valence-electron chi connectivity index (χ0n) is 6.95. The molecule has 0 bridgehead atoms. The smallest absolute Gasteiger partial charge is 0.194 e. The van der Waals surface area contributed by atoms with Gasteiger partial charge in [0.1, 0.15) is 0 Å². The first-order valence-corrected chi connectivity index (χ1v) is 5.09. The standard InChI is InChI=1S/C9H10N2S/c1-6-4-11-5-8(7-2-3-7)12-9(11)10-6/h4-5,7H,2-3H2,1H3. The highest BCUT2D eigenvalue weighted by molar-refractivity contribution is 7.17. The fourth-order valence-electron chi connectivity index (χ4n) is 1.49. The van der Waals surface area contributed by atoms with Crippen LogP contribution < -0.4 is 0 Å². The largest absolute Gasteiger partial charge is 0.297 e. The van der Waals surface area contributed by atoms with Crippen LogP contribution in [0.3, 0.4) is 0 Å². The molecule has 1 fully saturated rings. The van der Waals surface area contributed by atoms with E-state index in [0.717, 1.165) is 16.6 Å². The Balaban J connectivity index is 2.18. The SMILES string of the molecule is Cc1cn2cc(C3CC3)sc2n1. The van der Waals surface area contributed by atoms with E-state index in [-0.39, 0.29) is 0 Å². The first-order valence-electron chi connectivity index (χ1n) is 4.28. The zero-order chi connectivity index (χ0) is 8.13. The third kappa shape index (κ3) is 0.894. The number of aryl methyl sites for hydroxylation is 1. The van der Waals surface area contributed by atoms with Crippen molar-refractivity contribution < 1.29 is 0 Å². The van der Waals surface area contributed by atoms with Gasteiger partial charge in [-0.1, -0.05) is 0 Å². The minimum absolute atomic E-state index is 0.858. The fourth-order valence-corrected chi connectivity index (χ4v) is 2.67. The van der Waals surface area contributed by atoms with Crippen molar-refractivity contribution >= 4 is 16.3 Å². The Hall–Kier alpha value is -0.830. The van der Waals surface area contributed by atoms with Gasteiger partial charge in [-0.15, -0.1) is 11.3 Å². The number of nitrogens with zero attached hydrogens (tertiary/aromatic N) is 2.